The highest BCUT2D eigenvalue weighted by Gasteiger charge is 2.20. The summed E-state index contributed by atoms with van der Waals surface area (Å²) < 4.78 is 0. The molecule has 0 aliphatic rings. The molecule has 0 radical (unpaired) electrons. The lowest BCUT2D eigenvalue weighted by molar-refractivity contribution is 0.240. The molecule has 0 saturated heterocycles. The fourth-order valence-corrected chi connectivity index (χ4v) is 1.50. The maximum absolute atomic E-state index is 2.30. The zero-order valence-electron chi connectivity index (χ0n) is 12.7. The molecule has 0 bridgehead atoms. The van der Waals surface area contributed by atoms with Crippen LogP contribution in [0.4, 0.5) is 0 Å². The lowest BCUT2D eigenvalue weighted by Crippen LogP contribution is -2.15. The Balaban J connectivity index is -0.000000200. The summed E-state index contributed by atoms with van der Waals surface area (Å²) >= 11 is 0. The largest absolute Gasteiger partial charge is 0.0656 e. The Morgan fingerprint density at radius 1 is 0.467 bits per heavy atom. The van der Waals surface area contributed by atoms with Crippen LogP contribution in [0.3, 0.4) is 0 Å². The highest BCUT2D eigenvalue weighted by atomic mass is 14.3. The van der Waals surface area contributed by atoms with E-state index in [1.807, 2.05) is 0 Å². The average Bonchev–Trinajstić information content (AvgIpc) is 2.24. The standard InChI is InChI=1S/C9H20.2C3H8/c1-5-9(6-2,7-3)8-4;2*1-3-2/h5-8H2,1-4H3;2*3H2,1-2H3. The summed E-state index contributed by atoms with van der Waals surface area (Å²) in [6.07, 6.45) is 7.88. The van der Waals surface area contributed by atoms with Crippen LogP contribution in [0.2, 0.25) is 0 Å². The molecule has 0 aliphatic carbocycles. The molecule has 0 aromatic carbocycles. The van der Waals surface area contributed by atoms with Gasteiger partial charge in [-0.25, -0.2) is 0 Å². The third kappa shape index (κ3) is 14.0. The van der Waals surface area contributed by atoms with Gasteiger partial charge in [-0.2, -0.15) is 0 Å². The topological polar surface area (TPSA) is 0 Å². The average molecular weight is 216 g/mol. The van der Waals surface area contributed by atoms with Gasteiger partial charge in [-0.1, -0.05) is 93.9 Å². The number of hydrogen-bond donors (Lipinski definition) is 0. The van der Waals surface area contributed by atoms with Crippen LogP contribution in [0, 0.1) is 5.41 Å². The summed E-state index contributed by atoms with van der Waals surface area (Å²) in [6.45, 7) is 17.7. The van der Waals surface area contributed by atoms with Crippen molar-refractivity contribution in [2.45, 2.75) is 93.9 Å². The minimum Gasteiger partial charge on any atom is -0.0656 e. The second-order valence-electron chi connectivity index (χ2n) is 4.33. The Bertz CT molecular complexity index is 60.5. The van der Waals surface area contributed by atoms with Gasteiger partial charge in [0.15, 0.2) is 0 Å². The van der Waals surface area contributed by atoms with Crippen molar-refractivity contribution in [3.63, 3.8) is 0 Å². The summed E-state index contributed by atoms with van der Waals surface area (Å²) in [5.41, 5.74) is 0.667. The van der Waals surface area contributed by atoms with E-state index in [0.29, 0.717) is 5.41 Å². The Morgan fingerprint density at radius 2 is 0.600 bits per heavy atom. The predicted octanol–water partition coefficient (Wildman–Crippen LogP) is 6.45. The Labute approximate surface area is 99.9 Å². The third-order valence-corrected chi connectivity index (χ3v) is 3.00. The minimum atomic E-state index is 0.667. The Kier molecular flexibility index (Phi) is 22.4. The first-order valence-corrected chi connectivity index (χ1v) is 7.07. The molecule has 0 heteroatoms. The summed E-state index contributed by atoms with van der Waals surface area (Å²) in [6, 6.07) is 0. The van der Waals surface area contributed by atoms with Crippen molar-refractivity contribution < 1.29 is 0 Å². The van der Waals surface area contributed by atoms with Crippen LogP contribution in [-0.4, -0.2) is 0 Å². The van der Waals surface area contributed by atoms with E-state index in [1.165, 1.54) is 38.5 Å². The van der Waals surface area contributed by atoms with E-state index >= 15 is 0 Å². The van der Waals surface area contributed by atoms with Crippen molar-refractivity contribution in [3.05, 3.63) is 0 Å². The zero-order chi connectivity index (χ0) is 12.7. The van der Waals surface area contributed by atoms with E-state index < -0.39 is 0 Å². The van der Waals surface area contributed by atoms with Gasteiger partial charge in [-0.3, -0.25) is 0 Å². The fraction of sp³-hybridized carbons (Fsp3) is 1.00. The van der Waals surface area contributed by atoms with E-state index in [-0.39, 0.29) is 0 Å². The molecule has 0 heterocycles. The molecule has 0 nitrogen and oxygen atoms in total. The summed E-state index contributed by atoms with van der Waals surface area (Å²) in [5.74, 6) is 0. The molecule has 0 unspecified atom stereocenters. The van der Waals surface area contributed by atoms with Crippen molar-refractivity contribution in [3.8, 4) is 0 Å². The van der Waals surface area contributed by atoms with Gasteiger partial charge in [0.1, 0.15) is 0 Å². The summed E-state index contributed by atoms with van der Waals surface area (Å²) in [5, 5.41) is 0. The van der Waals surface area contributed by atoms with E-state index in [2.05, 4.69) is 55.4 Å². The molecule has 0 fully saturated rings. The molecule has 0 atom stereocenters. The fourth-order valence-electron chi connectivity index (χ4n) is 1.50. The molecule has 15 heavy (non-hydrogen) atoms. The van der Waals surface area contributed by atoms with Gasteiger partial charge in [0.05, 0.1) is 0 Å². The SMILES string of the molecule is CCC.CCC.CCC(CC)(CC)CC. The van der Waals surface area contributed by atoms with Gasteiger partial charge in [0.25, 0.3) is 0 Å². The first-order valence-electron chi connectivity index (χ1n) is 7.07. The smallest absolute Gasteiger partial charge is 0.0308 e. The molecule has 0 N–H and O–H groups in total. The molecular formula is C15H36. The molecule has 0 amide bonds. The van der Waals surface area contributed by atoms with Gasteiger partial charge < -0.3 is 0 Å². The van der Waals surface area contributed by atoms with Crippen molar-refractivity contribution in [1.29, 1.82) is 0 Å². The number of rotatable bonds is 4. The lowest BCUT2D eigenvalue weighted by atomic mass is 9.78. The van der Waals surface area contributed by atoms with E-state index in [9.17, 15) is 0 Å². The highest BCUT2D eigenvalue weighted by Crippen LogP contribution is 2.33. The molecule has 0 rings (SSSR count). The van der Waals surface area contributed by atoms with Gasteiger partial charge in [-0.05, 0) is 5.41 Å². The monoisotopic (exact) mass is 216 g/mol. The second kappa shape index (κ2) is 16.4. The predicted molar refractivity (Wildman–Crippen MR) is 75.5 cm³/mol. The van der Waals surface area contributed by atoms with Crippen LogP contribution < -0.4 is 0 Å². The van der Waals surface area contributed by atoms with Gasteiger partial charge in [0, 0.05) is 0 Å². The maximum Gasteiger partial charge on any atom is -0.0308 e. The van der Waals surface area contributed by atoms with E-state index in [1.54, 1.807) is 0 Å². The van der Waals surface area contributed by atoms with Gasteiger partial charge in [-0.15, -0.1) is 0 Å². The van der Waals surface area contributed by atoms with Crippen LogP contribution in [0.5, 0.6) is 0 Å². The van der Waals surface area contributed by atoms with E-state index in [4.69, 9.17) is 0 Å². The maximum atomic E-state index is 2.30. The third-order valence-electron chi connectivity index (χ3n) is 3.00. The normalized spacial score (nSPS) is 9.60. The first kappa shape index (κ1) is 20.4. The van der Waals surface area contributed by atoms with Crippen molar-refractivity contribution >= 4 is 0 Å². The molecule has 0 spiro atoms. The van der Waals surface area contributed by atoms with Crippen molar-refractivity contribution in [1.82, 2.24) is 0 Å². The van der Waals surface area contributed by atoms with Gasteiger partial charge >= 0.3 is 0 Å². The van der Waals surface area contributed by atoms with Crippen molar-refractivity contribution in [2.75, 3.05) is 0 Å². The minimum absolute atomic E-state index is 0.667. The Hall–Kier alpha value is 0. The quantitative estimate of drug-likeness (QED) is 0.507. The van der Waals surface area contributed by atoms with Crippen LogP contribution in [0.1, 0.15) is 93.9 Å². The van der Waals surface area contributed by atoms with Crippen LogP contribution in [0.15, 0.2) is 0 Å². The zero-order valence-corrected chi connectivity index (χ0v) is 12.7. The van der Waals surface area contributed by atoms with Gasteiger partial charge in [0.2, 0.25) is 0 Å². The summed E-state index contributed by atoms with van der Waals surface area (Å²) in [7, 11) is 0. The molecule has 0 saturated carbocycles. The Morgan fingerprint density at radius 3 is 0.600 bits per heavy atom. The molecule has 96 valence electrons. The molecular weight excluding hydrogens is 180 g/mol. The molecule has 0 aliphatic heterocycles. The highest BCUT2D eigenvalue weighted by molar-refractivity contribution is 4.72. The van der Waals surface area contributed by atoms with Crippen molar-refractivity contribution in [2.24, 2.45) is 5.41 Å². The first-order chi connectivity index (χ1) is 7.07. The summed E-state index contributed by atoms with van der Waals surface area (Å²) in [4.78, 5) is 0. The second-order valence-corrected chi connectivity index (χ2v) is 4.33. The lowest BCUT2D eigenvalue weighted by Gasteiger charge is -2.28. The molecule has 0 aromatic rings. The number of hydrogen-bond acceptors (Lipinski definition) is 0. The van der Waals surface area contributed by atoms with E-state index in [0.717, 1.165) is 0 Å². The molecule has 0 aromatic heterocycles. The van der Waals surface area contributed by atoms with Crippen LogP contribution in [-0.2, 0) is 0 Å². The van der Waals surface area contributed by atoms with Crippen LogP contribution >= 0.6 is 0 Å². The van der Waals surface area contributed by atoms with Crippen LogP contribution in [0.25, 0.3) is 0 Å².